The van der Waals surface area contributed by atoms with E-state index < -0.39 is 11.7 Å². The van der Waals surface area contributed by atoms with Crippen molar-refractivity contribution < 1.29 is 18.0 Å². The number of rotatable bonds is 3. The van der Waals surface area contributed by atoms with Gasteiger partial charge in [-0.15, -0.1) is 0 Å². The number of nitrogens with one attached hydrogen (secondary N) is 1. The summed E-state index contributed by atoms with van der Waals surface area (Å²) in [6, 6.07) is 0.782. The molecule has 1 aromatic rings. The van der Waals surface area contributed by atoms with E-state index in [0.717, 1.165) is 6.07 Å². The normalized spacial score (nSPS) is 11.2. The van der Waals surface area contributed by atoms with E-state index in [0.29, 0.717) is 6.20 Å². The van der Waals surface area contributed by atoms with Gasteiger partial charge in [0.1, 0.15) is 5.82 Å². The van der Waals surface area contributed by atoms with E-state index in [-0.39, 0.29) is 23.3 Å². The Balaban J connectivity index is 2.95. The highest BCUT2D eigenvalue weighted by Gasteiger charge is 2.31. The van der Waals surface area contributed by atoms with Crippen LogP contribution < -0.4 is 10.2 Å². The summed E-state index contributed by atoms with van der Waals surface area (Å²) in [6.07, 6.45) is -3.81. The van der Waals surface area contributed by atoms with Gasteiger partial charge in [-0.05, 0) is 6.07 Å². The Morgan fingerprint density at radius 3 is 2.61 bits per heavy atom. The maximum Gasteiger partial charge on any atom is 0.417 e. The second-order valence-electron chi connectivity index (χ2n) is 3.56. The van der Waals surface area contributed by atoms with Crippen LogP contribution in [0, 0.1) is 0 Å². The van der Waals surface area contributed by atoms with E-state index in [1.165, 1.54) is 19.0 Å². The first-order chi connectivity index (χ1) is 8.25. The third-order valence-corrected chi connectivity index (χ3v) is 2.45. The maximum absolute atomic E-state index is 12.4. The summed E-state index contributed by atoms with van der Waals surface area (Å²) in [7, 11) is 2.97. The molecule has 1 heterocycles. The monoisotopic (exact) mass is 281 g/mol. The number of carbonyl (C=O) groups is 1. The highest BCUT2D eigenvalue weighted by molar-refractivity contribution is 6.33. The zero-order chi connectivity index (χ0) is 13.9. The number of carbonyl (C=O) groups excluding carboxylic acids is 1. The zero-order valence-electron chi connectivity index (χ0n) is 9.68. The predicted molar refractivity (Wildman–Crippen MR) is 61.6 cm³/mol. The highest BCUT2D eigenvalue weighted by atomic mass is 35.5. The molecule has 4 nitrogen and oxygen atoms in total. The van der Waals surface area contributed by atoms with E-state index in [9.17, 15) is 18.0 Å². The third kappa shape index (κ3) is 3.49. The van der Waals surface area contributed by atoms with E-state index >= 15 is 0 Å². The Kier molecular flexibility index (Phi) is 4.39. The van der Waals surface area contributed by atoms with Crippen LogP contribution in [-0.4, -0.2) is 31.5 Å². The van der Waals surface area contributed by atoms with E-state index in [4.69, 9.17) is 11.6 Å². The molecule has 0 bridgehead atoms. The Morgan fingerprint density at radius 1 is 1.56 bits per heavy atom. The van der Waals surface area contributed by atoms with Gasteiger partial charge in [-0.3, -0.25) is 4.79 Å². The molecule has 0 spiro atoms. The molecule has 1 aromatic heterocycles. The molecule has 8 heteroatoms. The Labute approximate surface area is 107 Å². The Morgan fingerprint density at radius 2 is 2.17 bits per heavy atom. The number of halogens is 4. The van der Waals surface area contributed by atoms with Crippen LogP contribution in [0.4, 0.5) is 19.0 Å². The lowest BCUT2D eigenvalue weighted by Crippen LogP contribution is -2.33. The third-order valence-electron chi connectivity index (χ3n) is 2.17. The predicted octanol–water partition coefficient (Wildman–Crippen LogP) is 1.94. The van der Waals surface area contributed by atoms with Gasteiger partial charge in [0.05, 0.1) is 17.1 Å². The lowest BCUT2D eigenvalue weighted by atomic mass is 10.2. The van der Waals surface area contributed by atoms with Crippen molar-refractivity contribution in [2.24, 2.45) is 0 Å². The van der Waals surface area contributed by atoms with Crippen LogP contribution in [-0.2, 0) is 11.0 Å². The summed E-state index contributed by atoms with van der Waals surface area (Å²) < 4.78 is 37.2. The quantitative estimate of drug-likeness (QED) is 0.921. The van der Waals surface area contributed by atoms with Crippen LogP contribution in [0.25, 0.3) is 0 Å². The second-order valence-corrected chi connectivity index (χ2v) is 3.96. The van der Waals surface area contributed by atoms with Crippen molar-refractivity contribution in [1.29, 1.82) is 0 Å². The number of hydrogen-bond acceptors (Lipinski definition) is 3. The average molecular weight is 282 g/mol. The highest BCUT2D eigenvalue weighted by Crippen LogP contribution is 2.33. The van der Waals surface area contributed by atoms with Crippen LogP contribution in [0.15, 0.2) is 12.3 Å². The number of likely N-dealkylation sites (N-methyl/N-ethyl adjacent to an activating group) is 2. The summed E-state index contributed by atoms with van der Waals surface area (Å²) in [6.45, 7) is -0.0470. The topological polar surface area (TPSA) is 45.2 Å². The van der Waals surface area contributed by atoms with Crippen molar-refractivity contribution in [1.82, 2.24) is 10.3 Å². The van der Waals surface area contributed by atoms with Gasteiger partial charge in [0.2, 0.25) is 5.91 Å². The average Bonchev–Trinajstić information content (AvgIpc) is 2.27. The van der Waals surface area contributed by atoms with Crippen LogP contribution in [0.5, 0.6) is 0 Å². The molecular weight excluding hydrogens is 271 g/mol. The molecule has 0 saturated carbocycles. The zero-order valence-corrected chi connectivity index (χ0v) is 10.4. The molecule has 100 valence electrons. The first kappa shape index (κ1) is 14.6. The number of hydrogen-bond donors (Lipinski definition) is 1. The van der Waals surface area contributed by atoms with E-state index in [1.807, 2.05) is 0 Å². The van der Waals surface area contributed by atoms with Crippen LogP contribution >= 0.6 is 11.6 Å². The summed E-state index contributed by atoms with van der Waals surface area (Å²) in [5, 5.41) is 2.23. The van der Waals surface area contributed by atoms with Crippen molar-refractivity contribution in [2.75, 3.05) is 25.5 Å². The van der Waals surface area contributed by atoms with Crippen molar-refractivity contribution >= 4 is 23.3 Å². The molecule has 0 atom stereocenters. The largest absolute Gasteiger partial charge is 0.417 e. The smallest absolute Gasteiger partial charge is 0.358 e. The fourth-order valence-electron chi connectivity index (χ4n) is 1.24. The summed E-state index contributed by atoms with van der Waals surface area (Å²) in [5.74, 6) is -0.177. The van der Waals surface area contributed by atoms with Gasteiger partial charge in [-0.1, -0.05) is 11.6 Å². The minimum atomic E-state index is -4.49. The molecule has 18 heavy (non-hydrogen) atoms. The molecule has 0 aliphatic rings. The SMILES string of the molecule is CNC(=O)CN(C)c1ncc(C(F)(F)F)cc1Cl. The van der Waals surface area contributed by atoms with Crippen LogP contribution in [0.2, 0.25) is 5.02 Å². The molecule has 0 radical (unpaired) electrons. The van der Waals surface area contributed by atoms with Gasteiger partial charge in [0, 0.05) is 20.3 Å². The number of amides is 1. The van der Waals surface area contributed by atoms with Gasteiger partial charge < -0.3 is 10.2 Å². The number of nitrogens with zero attached hydrogens (tertiary/aromatic N) is 2. The lowest BCUT2D eigenvalue weighted by Gasteiger charge is -2.19. The molecular formula is C10H11ClF3N3O. The molecule has 0 aliphatic heterocycles. The lowest BCUT2D eigenvalue weighted by molar-refractivity contribution is -0.137. The number of alkyl halides is 3. The second kappa shape index (κ2) is 5.43. The summed E-state index contributed by atoms with van der Waals surface area (Å²) >= 11 is 5.72. The van der Waals surface area contributed by atoms with Crippen molar-refractivity contribution in [3.63, 3.8) is 0 Å². The van der Waals surface area contributed by atoms with Crippen molar-refractivity contribution in [3.8, 4) is 0 Å². The molecule has 0 aliphatic carbocycles. The Bertz CT molecular complexity index is 450. The van der Waals surface area contributed by atoms with Gasteiger partial charge in [0.15, 0.2) is 0 Å². The molecule has 0 unspecified atom stereocenters. The minimum Gasteiger partial charge on any atom is -0.358 e. The standard InChI is InChI=1S/C10H11ClF3N3O/c1-15-8(18)5-17(2)9-7(11)3-6(4-16-9)10(12,13)14/h3-4H,5H2,1-2H3,(H,15,18). The van der Waals surface area contributed by atoms with Gasteiger partial charge in [-0.2, -0.15) is 13.2 Å². The van der Waals surface area contributed by atoms with Crippen molar-refractivity contribution in [3.05, 3.63) is 22.8 Å². The minimum absolute atomic E-state index is 0.0470. The molecule has 0 aromatic carbocycles. The van der Waals surface area contributed by atoms with E-state index in [1.54, 1.807) is 0 Å². The van der Waals surface area contributed by atoms with Crippen LogP contribution in [0.1, 0.15) is 5.56 Å². The number of aromatic nitrogens is 1. The van der Waals surface area contributed by atoms with E-state index in [2.05, 4.69) is 10.3 Å². The fourth-order valence-corrected chi connectivity index (χ4v) is 1.55. The first-order valence-electron chi connectivity index (χ1n) is 4.90. The molecule has 0 saturated heterocycles. The Hall–Kier alpha value is -1.50. The molecule has 1 amide bonds. The number of pyridine rings is 1. The summed E-state index contributed by atoms with van der Waals surface area (Å²) in [5.41, 5.74) is -0.926. The molecule has 1 N–H and O–H groups in total. The van der Waals surface area contributed by atoms with Crippen LogP contribution in [0.3, 0.4) is 0 Å². The summed E-state index contributed by atoms with van der Waals surface area (Å²) in [4.78, 5) is 16.1. The molecule has 0 fully saturated rings. The van der Waals surface area contributed by atoms with Crippen molar-refractivity contribution in [2.45, 2.75) is 6.18 Å². The van der Waals surface area contributed by atoms with Gasteiger partial charge in [0.25, 0.3) is 0 Å². The van der Waals surface area contributed by atoms with Gasteiger partial charge in [-0.25, -0.2) is 4.98 Å². The molecule has 1 rings (SSSR count). The first-order valence-corrected chi connectivity index (χ1v) is 5.28. The number of anilines is 1. The van der Waals surface area contributed by atoms with Gasteiger partial charge >= 0.3 is 6.18 Å². The fraction of sp³-hybridized carbons (Fsp3) is 0.400. The maximum atomic E-state index is 12.4.